The van der Waals surface area contributed by atoms with Crippen LogP contribution in [0.3, 0.4) is 0 Å². The van der Waals surface area contributed by atoms with E-state index in [1.54, 1.807) is 0 Å². The van der Waals surface area contributed by atoms with Crippen molar-refractivity contribution in [1.29, 1.82) is 5.26 Å². The fourth-order valence-corrected chi connectivity index (χ4v) is 3.32. The zero-order valence-corrected chi connectivity index (χ0v) is 13.4. The molecule has 0 spiro atoms. The first-order valence-corrected chi connectivity index (χ1v) is 8.13. The number of aliphatic imine (C=N–C) groups is 1. The summed E-state index contributed by atoms with van der Waals surface area (Å²) in [6, 6.07) is 10.1. The van der Waals surface area contributed by atoms with Crippen LogP contribution in [0, 0.1) is 11.3 Å². The molecule has 24 heavy (non-hydrogen) atoms. The predicted molar refractivity (Wildman–Crippen MR) is 92.3 cm³/mol. The second-order valence-corrected chi connectivity index (χ2v) is 6.29. The van der Waals surface area contributed by atoms with Gasteiger partial charge in [-0.25, -0.2) is 9.67 Å². The van der Waals surface area contributed by atoms with Gasteiger partial charge in [0, 0.05) is 30.7 Å². The van der Waals surface area contributed by atoms with Crippen molar-refractivity contribution >= 4 is 17.1 Å². The van der Waals surface area contributed by atoms with Gasteiger partial charge in [0.2, 0.25) is 0 Å². The number of hydrogen-bond donors (Lipinski definition) is 0. The highest BCUT2D eigenvalue weighted by atomic mass is 16.5. The highest BCUT2D eigenvalue weighted by molar-refractivity contribution is 6.00. The SMILES string of the molecule is C=C1CC(Cc2cccc(C#N)c2)=Nc2c1cnn2C1CCOC1. The van der Waals surface area contributed by atoms with E-state index in [0.29, 0.717) is 12.2 Å². The van der Waals surface area contributed by atoms with Crippen LogP contribution < -0.4 is 0 Å². The smallest absolute Gasteiger partial charge is 0.158 e. The van der Waals surface area contributed by atoms with E-state index in [4.69, 9.17) is 15.0 Å². The highest BCUT2D eigenvalue weighted by Crippen LogP contribution is 2.36. The first-order valence-electron chi connectivity index (χ1n) is 8.13. The van der Waals surface area contributed by atoms with Crippen molar-refractivity contribution in [2.45, 2.75) is 25.3 Å². The molecule has 3 heterocycles. The molecule has 0 bridgehead atoms. The summed E-state index contributed by atoms with van der Waals surface area (Å²) < 4.78 is 7.47. The Kier molecular flexibility index (Phi) is 3.75. The molecular weight excluding hydrogens is 300 g/mol. The zero-order valence-electron chi connectivity index (χ0n) is 13.4. The van der Waals surface area contributed by atoms with E-state index in [0.717, 1.165) is 54.1 Å². The standard InChI is InChI=1S/C19H18N4O/c1-13-7-16(9-14-3-2-4-15(8-14)10-20)22-19-18(13)11-21-23(19)17-5-6-24-12-17/h2-4,8,11,17H,1,5-7,9,12H2. The number of rotatable bonds is 3. The number of nitriles is 1. The van der Waals surface area contributed by atoms with Crippen molar-refractivity contribution in [2.75, 3.05) is 13.2 Å². The number of aromatic nitrogens is 2. The third-order valence-electron chi connectivity index (χ3n) is 4.55. The van der Waals surface area contributed by atoms with E-state index in [2.05, 4.69) is 17.7 Å². The summed E-state index contributed by atoms with van der Waals surface area (Å²) in [6.07, 6.45) is 4.30. The Balaban J connectivity index is 1.66. The lowest BCUT2D eigenvalue weighted by Crippen LogP contribution is -2.13. The third kappa shape index (κ3) is 2.66. The molecule has 1 aromatic carbocycles. The van der Waals surface area contributed by atoms with Gasteiger partial charge in [-0.15, -0.1) is 0 Å². The molecule has 0 aliphatic carbocycles. The molecule has 2 aliphatic rings. The van der Waals surface area contributed by atoms with Crippen molar-refractivity contribution in [2.24, 2.45) is 4.99 Å². The molecule has 5 nitrogen and oxygen atoms in total. The van der Waals surface area contributed by atoms with Gasteiger partial charge in [0.15, 0.2) is 5.82 Å². The molecule has 1 unspecified atom stereocenters. The molecule has 1 aromatic heterocycles. The number of allylic oxidation sites excluding steroid dienone is 1. The van der Waals surface area contributed by atoms with Crippen LogP contribution >= 0.6 is 0 Å². The van der Waals surface area contributed by atoms with Gasteiger partial charge in [0.05, 0.1) is 30.5 Å². The van der Waals surface area contributed by atoms with Gasteiger partial charge in [-0.1, -0.05) is 18.7 Å². The molecule has 2 aromatic rings. The number of fused-ring (bicyclic) bond motifs is 1. The van der Waals surface area contributed by atoms with Crippen LogP contribution in [0.15, 0.2) is 42.0 Å². The van der Waals surface area contributed by atoms with Crippen molar-refractivity contribution in [3.8, 4) is 6.07 Å². The Hall–Kier alpha value is -2.71. The fraction of sp³-hybridized carbons (Fsp3) is 0.316. The topological polar surface area (TPSA) is 63.2 Å². The van der Waals surface area contributed by atoms with E-state index in [1.807, 2.05) is 35.1 Å². The molecule has 0 amide bonds. The van der Waals surface area contributed by atoms with E-state index < -0.39 is 0 Å². The van der Waals surface area contributed by atoms with Crippen molar-refractivity contribution in [3.63, 3.8) is 0 Å². The Labute approximate surface area is 140 Å². The van der Waals surface area contributed by atoms with Gasteiger partial charge < -0.3 is 4.74 Å². The molecular formula is C19H18N4O. The minimum absolute atomic E-state index is 0.256. The maximum absolute atomic E-state index is 9.05. The van der Waals surface area contributed by atoms with E-state index in [1.165, 1.54) is 0 Å². The maximum atomic E-state index is 9.05. The largest absolute Gasteiger partial charge is 0.379 e. The molecule has 1 atom stereocenters. The Morgan fingerprint density at radius 3 is 3.12 bits per heavy atom. The lowest BCUT2D eigenvalue weighted by molar-refractivity contribution is 0.185. The summed E-state index contributed by atoms with van der Waals surface area (Å²) in [5.74, 6) is 0.896. The van der Waals surface area contributed by atoms with Crippen LogP contribution in [-0.4, -0.2) is 28.7 Å². The first-order chi connectivity index (χ1) is 11.7. The van der Waals surface area contributed by atoms with Crippen LogP contribution in [0.1, 0.15) is 35.6 Å². The van der Waals surface area contributed by atoms with Crippen molar-refractivity contribution in [1.82, 2.24) is 9.78 Å². The lowest BCUT2D eigenvalue weighted by atomic mass is 9.96. The quantitative estimate of drug-likeness (QED) is 0.870. The average molecular weight is 318 g/mol. The molecule has 2 aliphatic heterocycles. The first kappa shape index (κ1) is 14.9. The second kappa shape index (κ2) is 6.06. The predicted octanol–water partition coefficient (Wildman–Crippen LogP) is 3.45. The molecule has 1 saturated heterocycles. The van der Waals surface area contributed by atoms with Gasteiger partial charge in [-0.2, -0.15) is 10.4 Å². The monoisotopic (exact) mass is 318 g/mol. The summed E-state index contributed by atoms with van der Waals surface area (Å²) in [5.41, 5.74) is 4.92. The van der Waals surface area contributed by atoms with Crippen LogP contribution in [0.2, 0.25) is 0 Å². The second-order valence-electron chi connectivity index (χ2n) is 6.29. The van der Waals surface area contributed by atoms with Gasteiger partial charge in [-0.05, 0) is 29.7 Å². The van der Waals surface area contributed by atoms with Gasteiger partial charge >= 0.3 is 0 Å². The van der Waals surface area contributed by atoms with Crippen LogP contribution in [0.25, 0.3) is 5.57 Å². The summed E-state index contributed by atoms with van der Waals surface area (Å²) in [6.45, 7) is 5.67. The highest BCUT2D eigenvalue weighted by Gasteiger charge is 2.26. The number of ether oxygens (including phenoxy) is 1. The molecule has 1 fully saturated rings. The third-order valence-corrected chi connectivity index (χ3v) is 4.55. The average Bonchev–Trinajstić information content (AvgIpc) is 3.24. The summed E-state index contributed by atoms with van der Waals surface area (Å²) in [4.78, 5) is 4.87. The Morgan fingerprint density at radius 1 is 1.42 bits per heavy atom. The molecule has 5 heteroatoms. The summed E-state index contributed by atoms with van der Waals surface area (Å²) >= 11 is 0. The van der Waals surface area contributed by atoms with Crippen LogP contribution in [-0.2, 0) is 11.2 Å². The molecule has 0 saturated carbocycles. The van der Waals surface area contributed by atoms with E-state index in [9.17, 15) is 0 Å². The zero-order chi connectivity index (χ0) is 16.5. The molecule has 120 valence electrons. The molecule has 4 rings (SSSR count). The van der Waals surface area contributed by atoms with Gasteiger partial charge in [-0.3, -0.25) is 0 Å². The van der Waals surface area contributed by atoms with Crippen molar-refractivity contribution < 1.29 is 4.74 Å². The molecule has 0 radical (unpaired) electrons. The minimum atomic E-state index is 0.256. The minimum Gasteiger partial charge on any atom is -0.379 e. The van der Waals surface area contributed by atoms with Crippen LogP contribution in [0.5, 0.6) is 0 Å². The summed E-state index contributed by atoms with van der Waals surface area (Å²) in [7, 11) is 0. The number of nitrogens with zero attached hydrogens (tertiary/aromatic N) is 4. The van der Waals surface area contributed by atoms with E-state index in [-0.39, 0.29) is 6.04 Å². The normalized spacial score (nSPS) is 19.7. The Bertz CT molecular complexity index is 866. The van der Waals surface area contributed by atoms with Gasteiger partial charge in [0.1, 0.15) is 0 Å². The number of hydrogen-bond acceptors (Lipinski definition) is 4. The number of benzene rings is 1. The summed E-state index contributed by atoms with van der Waals surface area (Å²) in [5, 5.41) is 13.6. The van der Waals surface area contributed by atoms with E-state index >= 15 is 0 Å². The van der Waals surface area contributed by atoms with Crippen LogP contribution in [0.4, 0.5) is 5.82 Å². The van der Waals surface area contributed by atoms with Crippen molar-refractivity contribution in [3.05, 3.63) is 53.7 Å². The van der Waals surface area contributed by atoms with Gasteiger partial charge in [0.25, 0.3) is 0 Å². The fourth-order valence-electron chi connectivity index (χ4n) is 3.32. The lowest BCUT2D eigenvalue weighted by Gasteiger charge is -2.18. The maximum Gasteiger partial charge on any atom is 0.158 e. The Morgan fingerprint density at radius 2 is 2.33 bits per heavy atom. The molecule has 0 N–H and O–H groups in total.